The van der Waals surface area contributed by atoms with E-state index >= 15 is 0 Å². The van der Waals surface area contributed by atoms with Gasteiger partial charge in [-0.25, -0.2) is 4.79 Å². The van der Waals surface area contributed by atoms with Crippen LogP contribution in [0.4, 0.5) is 0 Å². The van der Waals surface area contributed by atoms with Crippen LogP contribution in [0.2, 0.25) is 0 Å². The fourth-order valence-electron chi connectivity index (χ4n) is 7.94. The quantitative estimate of drug-likeness (QED) is 0.0600. The number of carboxylic acids is 1. The molecule has 13 heteroatoms. The van der Waals surface area contributed by atoms with Crippen molar-refractivity contribution in [1.29, 1.82) is 0 Å². The number of ether oxygens (including phenoxy) is 2. The van der Waals surface area contributed by atoms with Crippen LogP contribution >= 0.6 is 0 Å². The maximum Gasteiger partial charge on any atom is 0.326 e. The van der Waals surface area contributed by atoms with Gasteiger partial charge in [0.2, 0.25) is 11.8 Å². The molecule has 3 rings (SSSR count). The summed E-state index contributed by atoms with van der Waals surface area (Å²) in [6, 6.07) is 8.02. The molecule has 0 fully saturated rings. The molecule has 13 nitrogen and oxygen atoms in total. The zero-order chi connectivity index (χ0) is 43.9. The zero-order valence-electron chi connectivity index (χ0n) is 36.5. The lowest BCUT2D eigenvalue weighted by atomic mass is 9.88. The number of carboxylic acid groups (broad SMARTS) is 1. The van der Waals surface area contributed by atoms with E-state index in [1.54, 1.807) is 50.4 Å². The number of benzene rings is 2. The van der Waals surface area contributed by atoms with Crippen LogP contribution in [0.5, 0.6) is 11.5 Å². The number of nitrogens with one attached hydrogen (secondary N) is 1. The number of nitrogens with zero attached hydrogens (tertiary/aromatic N) is 1. The normalized spacial score (nSPS) is 17.3. The minimum atomic E-state index is -1.28. The average molecular weight is 836 g/mol. The van der Waals surface area contributed by atoms with Crippen molar-refractivity contribution in [3.05, 3.63) is 47.5 Å². The molecular weight excluding hydrogens is 763 g/mol. The summed E-state index contributed by atoms with van der Waals surface area (Å²) in [4.78, 5) is 69.9. The van der Waals surface area contributed by atoms with E-state index in [1.165, 1.54) is 49.8 Å². The van der Waals surface area contributed by atoms with E-state index in [-0.39, 0.29) is 57.3 Å². The number of hydrogen-bond acceptors (Lipinski definition) is 10. The Kier molecular flexibility index (Phi) is 22.9. The maximum atomic E-state index is 14.6. The van der Waals surface area contributed by atoms with Crippen LogP contribution in [0.3, 0.4) is 0 Å². The molecule has 2 aromatic rings. The van der Waals surface area contributed by atoms with Gasteiger partial charge >= 0.3 is 5.97 Å². The van der Waals surface area contributed by atoms with Gasteiger partial charge in [-0.3, -0.25) is 19.2 Å². The lowest BCUT2D eigenvalue weighted by Gasteiger charge is -2.32. The third kappa shape index (κ3) is 16.3. The Morgan fingerprint density at radius 1 is 0.783 bits per heavy atom. The number of carbonyl (C=O) groups is 5. The first-order valence-corrected chi connectivity index (χ1v) is 22.4. The van der Waals surface area contributed by atoms with E-state index in [2.05, 4.69) is 12.2 Å². The SMILES string of the molecule is CCCCCCCCCCCCCC(=O)C[C@@H](CCCCN)C(=O)N(C)[C@@H]1C(=O)C[C@@H](C)C(=O)N[C@H](C(=O)O)Cc2ccc(OCCN)c(c2)-c2cc1ccc2OCCN. The number of carbonyl (C=O) groups excluding carboxylic acids is 4. The number of likely N-dealkylation sites (N-methyl/N-ethyl adjacent to an activating group) is 1. The topological polar surface area (TPSA) is 217 Å². The first kappa shape index (κ1) is 50.0. The van der Waals surface area contributed by atoms with Crippen LogP contribution in [0, 0.1) is 11.8 Å². The lowest BCUT2D eigenvalue weighted by Crippen LogP contribution is -2.45. The Morgan fingerprint density at radius 2 is 1.37 bits per heavy atom. The molecule has 4 bridgehead atoms. The molecule has 1 aliphatic rings. The summed E-state index contributed by atoms with van der Waals surface area (Å²) in [5.74, 6) is -3.25. The summed E-state index contributed by atoms with van der Waals surface area (Å²) in [7, 11) is 1.57. The summed E-state index contributed by atoms with van der Waals surface area (Å²) in [5.41, 5.74) is 19.6. The molecule has 1 aliphatic heterocycles. The molecule has 60 heavy (non-hydrogen) atoms. The van der Waals surface area contributed by atoms with Crippen molar-refractivity contribution in [2.75, 3.05) is 39.9 Å². The van der Waals surface area contributed by atoms with Gasteiger partial charge in [0.15, 0.2) is 5.78 Å². The highest BCUT2D eigenvalue weighted by Crippen LogP contribution is 2.41. The second-order valence-electron chi connectivity index (χ2n) is 16.4. The van der Waals surface area contributed by atoms with Gasteiger partial charge in [-0.05, 0) is 61.2 Å². The first-order chi connectivity index (χ1) is 28.9. The van der Waals surface area contributed by atoms with Crippen LogP contribution < -0.4 is 32.0 Å². The predicted octanol–water partition coefficient (Wildman–Crippen LogP) is 6.65. The molecule has 0 spiro atoms. The molecule has 8 N–H and O–H groups in total. The Bertz CT molecular complexity index is 1670. The number of rotatable bonds is 27. The standard InChI is InChI=1S/C47H73N5O8/c1-4-5-6-7-8-9-10-11-12-13-14-18-37(53)31-36(17-15-16-23-48)46(56)52(3)44-35-20-22-43(60-27-25-50)39(32-35)38-29-34(19-21-42(38)59-26-24-49)30-40(47(57)58)51-45(55)33(2)28-41(44)54/h19-22,29,32-33,36,40,44H,4-18,23-28,30-31,48-50H2,1-3H3,(H,51,55)(H,57,58)/t33-,36-,40+,44+/m1/s1. The van der Waals surface area contributed by atoms with E-state index in [1.807, 2.05) is 0 Å². The smallest absolute Gasteiger partial charge is 0.326 e. The van der Waals surface area contributed by atoms with E-state index < -0.39 is 41.6 Å². The highest BCUT2D eigenvalue weighted by molar-refractivity contribution is 5.95. The molecular formula is C47H73N5O8. The third-order valence-electron chi connectivity index (χ3n) is 11.3. The maximum absolute atomic E-state index is 14.6. The molecule has 4 atom stereocenters. The van der Waals surface area contributed by atoms with E-state index in [0.717, 1.165) is 25.7 Å². The summed E-state index contributed by atoms with van der Waals surface area (Å²) < 4.78 is 12.2. The molecule has 0 unspecified atom stereocenters. The predicted molar refractivity (Wildman–Crippen MR) is 236 cm³/mol. The number of ketones is 2. The summed E-state index contributed by atoms with van der Waals surface area (Å²) in [6.45, 7) is 5.10. The highest BCUT2D eigenvalue weighted by atomic mass is 16.5. The Balaban J connectivity index is 1.97. The molecule has 1 heterocycles. The molecule has 0 radical (unpaired) electrons. The van der Waals surface area contributed by atoms with Gasteiger partial charge in [-0.15, -0.1) is 0 Å². The number of amides is 2. The second kappa shape index (κ2) is 27.5. The Labute approximate surface area is 357 Å². The van der Waals surface area contributed by atoms with Crippen LogP contribution in [0.15, 0.2) is 36.4 Å². The van der Waals surface area contributed by atoms with E-state index in [9.17, 15) is 29.1 Å². The fraction of sp³-hybridized carbons (Fsp3) is 0.638. The summed E-state index contributed by atoms with van der Waals surface area (Å²) >= 11 is 0. The Hall–Kier alpha value is -4.33. The van der Waals surface area contributed by atoms with Gasteiger partial charge in [-0.2, -0.15) is 0 Å². The number of Topliss-reactive ketones (excluding diaryl/α,β-unsaturated/α-hetero) is 2. The molecule has 0 aromatic heterocycles. The lowest BCUT2D eigenvalue weighted by molar-refractivity contribution is -0.144. The number of hydrogen-bond donors (Lipinski definition) is 5. The van der Waals surface area contributed by atoms with Gasteiger partial charge in [0.1, 0.15) is 42.6 Å². The summed E-state index contributed by atoms with van der Waals surface area (Å²) in [5, 5.41) is 12.7. The third-order valence-corrected chi connectivity index (χ3v) is 11.3. The zero-order valence-corrected chi connectivity index (χ0v) is 36.5. The van der Waals surface area contributed by atoms with Crippen LogP contribution in [-0.2, 0) is 30.4 Å². The van der Waals surface area contributed by atoms with Crippen molar-refractivity contribution in [1.82, 2.24) is 10.2 Å². The Morgan fingerprint density at radius 3 is 1.95 bits per heavy atom. The van der Waals surface area contributed by atoms with Gasteiger partial charge < -0.3 is 42.0 Å². The van der Waals surface area contributed by atoms with Crippen LogP contribution in [0.1, 0.15) is 140 Å². The van der Waals surface area contributed by atoms with Gasteiger partial charge in [0.05, 0.1) is 0 Å². The first-order valence-electron chi connectivity index (χ1n) is 22.4. The monoisotopic (exact) mass is 836 g/mol. The largest absolute Gasteiger partial charge is 0.492 e. The average Bonchev–Trinajstić information content (AvgIpc) is 3.23. The number of fused-ring (bicyclic) bond motifs is 5. The van der Waals surface area contributed by atoms with Gasteiger partial charge in [0, 0.05) is 68.8 Å². The number of nitrogens with two attached hydrogens (primary N) is 3. The fourth-order valence-corrected chi connectivity index (χ4v) is 7.94. The van der Waals surface area contributed by atoms with Crippen LogP contribution in [-0.4, -0.2) is 85.3 Å². The van der Waals surface area contributed by atoms with E-state index in [4.69, 9.17) is 26.7 Å². The van der Waals surface area contributed by atoms with Gasteiger partial charge in [-0.1, -0.05) is 96.6 Å². The molecule has 2 amide bonds. The molecule has 0 saturated carbocycles. The number of unbranched alkanes of at least 4 members (excludes halogenated alkanes) is 11. The minimum absolute atomic E-state index is 0.0228. The minimum Gasteiger partial charge on any atom is -0.492 e. The summed E-state index contributed by atoms with van der Waals surface area (Å²) in [6.07, 6.45) is 14.9. The van der Waals surface area contributed by atoms with Crippen molar-refractivity contribution in [3.8, 4) is 22.6 Å². The molecule has 334 valence electrons. The van der Waals surface area contributed by atoms with E-state index in [0.29, 0.717) is 66.0 Å². The van der Waals surface area contributed by atoms with Crippen molar-refractivity contribution < 1.29 is 38.6 Å². The van der Waals surface area contributed by atoms with Crippen molar-refractivity contribution in [2.45, 2.75) is 142 Å². The molecule has 2 aromatic carbocycles. The van der Waals surface area contributed by atoms with Crippen LogP contribution in [0.25, 0.3) is 11.1 Å². The molecule has 0 aliphatic carbocycles. The number of aliphatic carboxylic acids is 1. The van der Waals surface area contributed by atoms with Gasteiger partial charge in [0.25, 0.3) is 0 Å². The van der Waals surface area contributed by atoms with Crippen molar-refractivity contribution in [3.63, 3.8) is 0 Å². The molecule has 0 saturated heterocycles. The second-order valence-corrected chi connectivity index (χ2v) is 16.4. The van der Waals surface area contributed by atoms with Crippen molar-refractivity contribution in [2.24, 2.45) is 29.0 Å². The highest BCUT2D eigenvalue weighted by Gasteiger charge is 2.36. The van der Waals surface area contributed by atoms with Crippen molar-refractivity contribution >= 4 is 29.4 Å².